The van der Waals surface area contributed by atoms with E-state index >= 15 is 0 Å². The zero-order valence-corrected chi connectivity index (χ0v) is 23.6. The van der Waals surface area contributed by atoms with Crippen LogP contribution in [-0.2, 0) is 27.2 Å². The van der Waals surface area contributed by atoms with Crippen molar-refractivity contribution in [2.24, 2.45) is 5.41 Å². The topological polar surface area (TPSA) is 98.2 Å². The summed E-state index contributed by atoms with van der Waals surface area (Å²) in [7, 11) is 3.12. The van der Waals surface area contributed by atoms with Crippen molar-refractivity contribution in [1.82, 2.24) is 4.98 Å². The number of ether oxygens (including phenoxy) is 3. The quantitative estimate of drug-likeness (QED) is 0.387. The van der Waals surface area contributed by atoms with Gasteiger partial charge in [0.05, 0.1) is 31.3 Å². The predicted octanol–water partition coefficient (Wildman–Crippen LogP) is 5.55. The molecule has 1 aliphatic rings. The largest absolute Gasteiger partial charge is 0.493 e. The molecule has 4 rings (SSSR count). The molecule has 0 aliphatic carbocycles. The molecule has 1 N–H and O–H groups in total. The third kappa shape index (κ3) is 6.11. The summed E-state index contributed by atoms with van der Waals surface area (Å²) in [6.45, 7) is 6.65. The molecule has 0 fully saturated rings. The van der Waals surface area contributed by atoms with Crippen molar-refractivity contribution in [3.8, 4) is 11.5 Å². The van der Waals surface area contributed by atoms with Gasteiger partial charge >= 0.3 is 5.97 Å². The van der Waals surface area contributed by atoms with Crippen LogP contribution in [-0.4, -0.2) is 48.8 Å². The van der Waals surface area contributed by atoms with Crippen LogP contribution >= 0.6 is 22.9 Å². The van der Waals surface area contributed by atoms with Crippen LogP contribution in [0.15, 0.2) is 41.8 Å². The highest BCUT2D eigenvalue weighted by Gasteiger charge is 2.39. The van der Waals surface area contributed by atoms with E-state index in [1.54, 1.807) is 36.6 Å². The number of fused-ring (bicyclic) bond motifs is 1. The van der Waals surface area contributed by atoms with Crippen LogP contribution in [0.5, 0.6) is 11.5 Å². The van der Waals surface area contributed by atoms with Crippen LogP contribution < -0.4 is 14.4 Å². The number of methoxy groups -OCH3 is 2. The number of para-hydroxylation sites is 1. The molecule has 2 aromatic carbocycles. The third-order valence-corrected chi connectivity index (χ3v) is 7.20. The van der Waals surface area contributed by atoms with Gasteiger partial charge in [0.15, 0.2) is 11.5 Å². The van der Waals surface area contributed by atoms with E-state index in [9.17, 15) is 9.59 Å². The second-order valence-electron chi connectivity index (χ2n) is 10.3. The van der Waals surface area contributed by atoms with Gasteiger partial charge in [0.1, 0.15) is 12.2 Å². The second kappa shape index (κ2) is 11.3. The lowest BCUT2D eigenvalue weighted by Crippen LogP contribution is -2.44. The van der Waals surface area contributed by atoms with Gasteiger partial charge < -0.3 is 24.2 Å². The molecule has 3 aromatic rings. The Morgan fingerprint density at radius 3 is 2.61 bits per heavy atom. The number of carboxylic acids is 1. The van der Waals surface area contributed by atoms with E-state index in [2.05, 4.69) is 25.8 Å². The van der Waals surface area contributed by atoms with Crippen LogP contribution in [0.3, 0.4) is 0 Å². The SMILES string of the molecule is COc1cccc([C@H]2O[C@H](Cc3nc(CC(=O)O)cs3)C(=O)N(CC(C)(C)C)c3ccc(Cl)cc32)c1OC. The number of thiazole rings is 1. The Balaban J connectivity index is 1.86. The minimum atomic E-state index is -0.961. The van der Waals surface area contributed by atoms with Crippen molar-refractivity contribution < 1.29 is 28.9 Å². The Labute approximate surface area is 231 Å². The molecule has 1 aliphatic heterocycles. The number of aliphatic carboxylic acids is 1. The van der Waals surface area contributed by atoms with E-state index in [0.717, 1.165) is 5.56 Å². The van der Waals surface area contributed by atoms with Gasteiger partial charge in [-0.05, 0) is 29.7 Å². The van der Waals surface area contributed by atoms with Crippen molar-refractivity contribution in [3.05, 3.63) is 68.6 Å². The molecule has 0 bridgehead atoms. The smallest absolute Gasteiger partial charge is 0.309 e. The molecule has 0 radical (unpaired) electrons. The minimum absolute atomic E-state index is 0.181. The lowest BCUT2D eigenvalue weighted by Gasteiger charge is -2.31. The van der Waals surface area contributed by atoms with E-state index in [4.69, 9.17) is 30.9 Å². The van der Waals surface area contributed by atoms with E-state index in [-0.39, 0.29) is 24.2 Å². The van der Waals surface area contributed by atoms with Gasteiger partial charge in [-0.15, -0.1) is 11.3 Å². The summed E-state index contributed by atoms with van der Waals surface area (Å²) in [4.78, 5) is 31.5. The zero-order valence-electron chi connectivity index (χ0n) is 22.0. The molecule has 38 heavy (non-hydrogen) atoms. The molecule has 202 valence electrons. The molecular weight excluding hydrogens is 528 g/mol. The Kier molecular flexibility index (Phi) is 8.30. The fraction of sp³-hybridized carbons (Fsp3) is 0.393. The standard InChI is InChI=1S/C28H31ClN2O6S/c1-28(2,3)15-31-20-10-9-16(29)11-19(20)25(18-7-6-8-21(35-4)26(18)36-5)37-22(27(31)34)13-23-30-17(14-38-23)12-24(32)33/h6-11,14,22,25H,12-13,15H2,1-5H3,(H,32,33)/t22-,25-/m1/s1. The highest BCUT2D eigenvalue weighted by Crippen LogP contribution is 2.45. The van der Waals surface area contributed by atoms with Gasteiger partial charge in [-0.2, -0.15) is 0 Å². The molecular formula is C28H31ClN2O6S. The van der Waals surface area contributed by atoms with Crippen LogP contribution in [0, 0.1) is 5.41 Å². The maximum absolute atomic E-state index is 14.1. The third-order valence-electron chi connectivity index (χ3n) is 6.04. The summed E-state index contributed by atoms with van der Waals surface area (Å²) >= 11 is 7.79. The van der Waals surface area contributed by atoms with Crippen molar-refractivity contribution in [2.45, 2.75) is 45.8 Å². The maximum atomic E-state index is 14.1. The van der Waals surface area contributed by atoms with Gasteiger partial charge in [-0.25, -0.2) is 4.98 Å². The van der Waals surface area contributed by atoms with Crippen LogP contribution in [0.1, 0.15) is 48.7 Å². The number of hydrogen-bond acceptors (Lipinski definition) is 7. The van der Waals surface area contributed by atoms with Crippen molar-refractivity contribution in [3.63, 3.8) is 0 Å². The molecule has 1 amide bonds. The summed E-state index contributed by atoms with van der Waals surface area (Å²) in [5.74, 6) is -0.131. The number of benzene rings is 2. The number of anilines is 1. The number of carboxylic acid groups (broad SMARTS) is 1. The van der Waals surface area contributed by atoms with Gasteiger partial charge in [-0.3, -0.25) is 9.59 Å². The van der Waals surface area contributed by atoms with E-state index < -0.39 is 18.2 Å². The highest BCUT2D eigenvalue weighted by molar-refractivity contribution is 7.09. The molecule has 0 spiro atoms. The van der Waals surface area contributed by atoms with Gasteiger partial charge in [0.2, 0.25) is 0 Å². The first-order valence-electron chi connectivity index (χ1n) is 12.1. The van der Waals surface area contributed by atoms with Gasteiger partial charge in [-0.1, -0.05) is 44.5 Å². The van der Waals surface area contributed by atoms with Crippen molar-refractivity contribution in [2.75, 3.05) is 25.7 Å². The van der Waals surface area contributed by atoms with Gasteiger partial charge in [0, 0.05) is 40.2 Å². The summed E-state index contributed by atoms with van der Waals surface area (Å²) < 4.78 is 17.9. The van der Waals surface area contributed by atoms with E-state index in [0.29, 0.717) is 45.0 Å². The number of carbonyl (C=O) groups is 2. The molecule has 10 heteroatoms. The predicted molar refractivity (Wildman–Crippen MR) is 147 cm³/mol. The van der Waals surface area contributed by atoms with E-state index in [1.165, 1.54) is 11.3 Å². The summed E-state index contributed by atoms with van der Waals surface area (Å²) in [5.41, 5.74) is 2.37. The number of halogens is 1. The Bertz CT molecular complexity index is 1340. The van der Waals surface area contributed by atoms with Gasteiger partial charge in [0.25, 0.3) is 5.91 Å². The number of aromatic nitrogens is 1. The second-order valence-corrected chi connectivity index (χ2v) is 11.7. The molecule has 2 atom stereocenters. The monoisotopic (exact) mass is 558 g/mol. The molecule has 0 saturated carbocycles. The first-order valence-corrected chi connectivity index (χ1v) is 13.4. The maximum Gasteiger partial charge on any atom is 0.309 e. The summed E-state index contributed by atoms with van der Waals surface area (Å²) in [6.07, 6.45) is -1.59. The average molecular weight is 559 g/mol. The van der Waals surface area contributed by atoms with Crippen molar-refractivity contribution in [1.29, 1.82) is 0 Å². The molecule has 0 unspecified atom stereocenters. The lowest BCUT2D eigenvalue weighted by molar-refractivity contribution is -0.136. The van der Waals surface area contributed by atoms with E-state index in [1.807, 2.05) is 24.3 Å². The Morgan fingerprint density at radius 2 is 1.95 bits per heavy atom. The minimum Gasteiger partial charge on any atom is -0.493 e. The zero-order chi connectivity index (χ0) is 27.6. The number of nitrogens with zero attached hydrogens (tertiary/aromatic N) is 2. The number of carbonyl (C=O) groups excluding carboxylic acids is 1. The molecule has 0 saturated heterocycles. The fourth-order valence-corrected chi connectivity index (χ4v) is 5.55. The highest BCUT2D eigenvalue weighted by atomic mass is 35.5. The fourth-order valence-electron chi connectivity index (χ4n) is 4.54. The number of rotatable bonds is 8. The van der Waals surface area contributed by atoms with Crippen LogP contribution in [0.4, 0.5) is 5.69 Å². The first-order chi connectivity index (χ1) is 18.0. The molecule has 8 nitrogen and oxygen atoms in total. The Morgan fingerprint density at radius 1 is 1.18 bits per heavy atom. The number of hydrogen-bond donors (Lipinski definition) is 1. The normalized spacial score (nSPS) is 17.6. The molecule has 1 aromatic heterocycles. The van der Waals surface area contributed by atoms with Crippen LogP contribution in [0.25, 0.3) is 0 Å². The van der Waals surface area contributed by atoms with Crippen molar-refractivity contribution >= 4 is 40.5 Å². The summed E-state index contributed by atoms with van der Waals surface area (Å²) in [6, 6.07) is 11.0. The molecule has 2 heterocycles. The Hall–Kier alpha value is -3.14. The van der Waals surface area contributed by atoms with Crippen LogP contribution in [0.2, 0.25) is 5.02 Å². The average Bonchev–Trinajstić information content (AvgIpc) is 3.25. The summed E-state index contributed by atoms with van der Waals surface area (Å²) in [5, 5.41) is 12.0. The first kappa shape index (κ1) is 27.9. The number of amides is 1. The lowest BCUT2D eigenvalue weighted by atomic mass is 9.94.